The number of aryl methyl sites for hydroxylation is 1. The van der Waals surface area contributed by atoms with Gasteiger partial charge in [-0.3, -0.25) is 9.59 Å². The molecule has 5 aromatic rings. The zero-order chi connectivity index (χ0) is 32.0. The highest BCUT2D eigenvalue weighted by molar-refractivity contribution is 6.06. The summed E-state index contributed by atoms with van der Waals surface area (Å²) in [5.41, 5.74) is 4.50. The largest absolute Gasteiger partial charge is 0.373 e. The maximum absolute atomic E-state index is 13.7. The lowest BCUT2D eigenvalue weighted by atomic mass is 9.83. The van der Waals surface area contributed by atoms with Crippen LogP contribution >= 0.6 is 0 Å². The average Bonchev–Trinajstić information content (AvgIpc) is 3.92. The molecule has 2 aromatic carbocycles. The van der Waals surface area contributed by atoms with Crippen LogP contribution in [0.15, 0.2) is 67.4 Å². The first-order chi connectivity index (χ1) is 22.9. The third kappa shape index (κ3) is 5.29. The number of amides is 2. The molecule has 13 heteroatoms. The minimum absolute atomic E-state index is 0.0866. The first-order valence-corrected chi connectivity index (χ1v) is 16.1. The molecule has 2 aliphatic carbocycles. The van der Waals surface area contributed by atoms with Crippen LogP contribution < -0.4 is 15.5 Å². The highest BCUT2D eigenvalue weighted by Crippen LogP contribution is 2.60. The third-order valence-corrected chi connectivity index (χ3v) is 10.2. The van der Waals surface area contributed by atoms with Crippen molar-refractivity contribution in [2.45, 2.75) is 50.7 Å². The van der Waals surface area contributed by atoms with Crippen LogP contribution in [-0.4, -0.2) is 79.1 Å². The summed E-state index contributed by atoms with van der Waals surface area (Å²) in [7, 11) is 0. The molecule has 2 bridgehead atoms. The quantitative estimate of drug-likeness (QED) is 0.231. The van der Waals surface area contributed by atoms with Crippen molar-refractivity contribution in [3.63, 3.8) is 0 Å². The number of hydrogen-bond acceptors (Lipinski definition) is 9. The van der Waals surface area contributed by atoms with E-state index in [1.807, 2.05) is 66.3 Å². The van der Waals surface area contributed by atoms with E-state index >= 15 is 0 Å². The van der Waals surface area contributed by atoms with E-state index < -0.39 is 5.41 Å². The molecule has 3 aromatic heterocycles. The molecule has 3 N–H and O–H groups in total. The zero-order valence-electron chi connectivity index (χ0n) is 26.1. The normalized spacial score (nSPS) is 23.7. The van der Waals surface area contributed by atoms with Gasteiger partial charge in [-0.2, -0.15) is 0 Å². The molecule has 1 atom stereocenters. The Morgan fingerprint density at radius 3 is 2.77 bits per heavy atom. The van der Waals surface area contributed by atoms with Crippen LogP contribution in [0.5, 0.6) is 0 Å². The number of imidazole rings is 1. The first-order valence-electron chi connectivity index (χ1n) is 16.1. The molecule has 47 heavy (non-hydrogen) atoms. The maximum atomic E-state index is 13.7. The lowest BCUT2D eigenvalue weighted by Gasteiger charge is -2.34. The van der Waals surface area contributed by atoms with Crippen LogP contribution in [0.3, 0.4) is 0 Å². The molecule has 240 valence electrons. The average molecular weight is 633 g/mol. The van der Waals surface area contributed by atoms with Crippen LogP contribution in [0.1, 0.15) is 48.0 Å². The van der Waals surface area contributed by atoms with Crippen LogP contribution in [0.4, 0.5) is 11.5 Å². The molecular formula is C34H36N10O3. The highest BCUT2D eigenvalue weighted by Gasteiger charge is 2.59. The van der Waals surface area contributed by atoms with Gasteiger partial charge in [0.1, 0.15) is 17.5 Å². The number of carbonyl (C=O) groups is 2. The van der Waals surface area contributed by atoms with Crippen molar-refractivity contribution >= 4 is 34.5 Å². The number of nitrogens with zero attached hydrogens (tertiary/aromatic N) is 7. The van der Waals surface area contributed by atoms with E-state index in [4.69, 9.17) is 4.74 Å². The number of anilines is 2. The van der Waals surface area contributed by atoms with Crippen molar-refractivity contribution in [2.24, 2.45) is 5.41 Å². The zero-order valence-corrected chi connectivity index (χ0v) is 26.1. The Morgan fingerprint density at radius 2 is 1.91 bits per heavy atom. The molecule has 0 radical (unpaired) electrons. The van der Waals surface area contributed by atoms with Gasteiger partial charge >= 0.3 is 0 Å². The lowest BCUT2D eigenvalue weighted by molar-refractivity contribution is -0.131. The van der Waals surface area contributed by atoms with Crippen molar-refractivity contribution < 1.29 is 14.3 Å². The second-order valence-corrected chi connectivity index (χ2v) is 13.0. The summed E-state index contributed by atoms with van der Waals surface area (Å²) < 4.78 is 8.00. The molecule has 3 fully saturated rings. The van der Waals surface area contributed by atoms with Gasteiger partial charge in [-0.15, -0.1) is 5.10 Å². The van der Waals surface area contributed by atoms with E-state index in [9.17, 15) is 9.59 Å². The van der Waals surface area contributed by atoms with Crippen molar-refractivity contribution in [1.82, 2.24) is 40.2 Å². The smallest absolute Gasteiger partial charge is 0.255 e. The number of benzene rings is 2. The van der Waals surface area contributed by atoms with E-state index in [2.05, 4.69) is 45.8 Å². The molecule has 3 aliphatic rings. The number of morpholine rings is 1. The number of ether oxygens (including phenoxy) is 1. The van der Waals surface area contributed by atoms with Gasteiger partial charge in [0.05, 0.1) is 36.2 Å². The molecular weight excluding hydrogens is 596 g/mol. The Bertz CT molecular complexity index is 1950. The van der Waals surface area contributed by atoms with E-state index in [-0.39, 0.29) is 23.5 Å². The number of aromatic nitrogens is 7. The van der Waals surface area contributed by atoms with Crippen LogP contribution in [0.25, 0.3) is 22.4 Å². The highest BCUT2D eigenvalue weighted by atomic mass is 16.5. The first kappa shape index (κ1) is 29.2. The fourth-order valence-corrected chi connectivity index (χ4v) is 7.59. The Labute approximate surface area is 271 Å². The van der Waals surface area contributed by atoms with E-state index in [1.54, 1.807) is 6.33 Å². The minimum Gasteiger partial charge on any atom is -0.373 e. The number of nitrogens with one attached hydrogen (secondary N) is 3. The van der Waals surface area contributed by atoms with E-state index in [0.717, 1.165) is 60.3 Å². The molecule has 2 saturated carbocycles. The van der Waals surface area contributed by atoms with Crippen molar-refractivity contribution in [2.75, 3.05) is 36.5 Å². The Hall–Kier alpha value is -5.17. The van der Waals surface area contributed by atoms with Gasteiger partial charge in [0.2, 0.25) is 5.91 Å². The second kappa shape index (κ2) is 11.6. The molecule has 2 amide bonds. The van der Waals surface area contributed by atoms with Crippen LogP contribution in [0.2, 0.25) is 0 Å². The number of aromatic amines is 1. The van der Waals surface area contributed by atoms with Crippen LogP contribution in [0, 0.1) is 12.3 Å². The monoisotopic (exact) mass is 632 g/mol. The molecule has 1 aliphatic heterocycles. The summed E-state index contributed by atoms with van der Waals surface area (Å²) in [4.78, 5) is 45.1. The van der Waals surface area contributed by atoms with Gasteiger partial charge in [0, 0.05) is 36.4 Å². The van der Waals surface area contributed by atoms with E-state index in [0.29, 0.717) is 43.1 Å². The fourth-order valence-electron chi connectivity index (χ4n) is 7.59. The topological polar surface area (TPSA) is 156 Å². The fraction of sp³-hybridized carbons (Fsp3) is 0.382. The molecule has 1 unspecified atom stereocenters. The molecule has 13 nitrogen and oxygen atoms in total. The van der Waals surface area contributed by atoms with Crippen LogP contribution in [-0.2, 0) is 15.1 Å². The van der Waals surface area contributed by atoms with Gasteiger partial charge in [-0.25, -0.2) is 19.6 Å². The maximum Gasteiger partial charge on any atom is 0.255 e. The summed E-state index contributed by atoms with van der Waals surface area (Å²) in [6.07, 6.45) is 9.02. The Morgan fingerprint density at radius 1 is 1.06 bits per heavy atom. The van der Waals surface area contributed by atoms with Crippen molar-refractivity contribution in [3.8, 4) is 11.3 Å². The van der Waals surface area contributed by atoms with Gasteiger partial charge in [0.25, 0.3) is 5.91 Å². The van der Waals surface area contributed by atoms with Gasteiger partial charge in [-0.1, -0.05) is 35.5 Å². The molecule has 4 heterocycles. The van der Waals surface area contributed by atoms with Crippen molar-refractivity contribution in [1.29, 1.82) is 0 Å². The summed E-state index contributed by atoms with van der Waals surface area (Å²) in [6.45, 7) is 4.21. The predicted molar refractivity (Wildman–Crippen MR) is 175 cm³/mol. The summed E-state index contributed by atoms with van der Waals surface area (Å²) in [6, 6.07) is 15.2. The summed E-state index contributed by atoms with van der Waals surface area (Å²) >= 11 is 0. The predicted octanol–water partition coefficient (Wildman–Crippen LogP) is 3.85. The number of hydrogen-bond donors (Lipinski definition) is 3. The molecule has 1 saturated heterocycles. The van der Waals surface area contributed by atoms with Gasteiger partial charge in [0.15, 0.2) is 11.5 Å². The summed E-state index contributed by atoms with van der Waals surface area (Å²) in [5.74, 6) is 0.717. The number of carbonyl (C=O) groups excluding carboxylic acids is 2. The Balaban J connectivity index is 0.920. The molecule has 8 rings (SSSR count). The lowest BCUT2D eigenvalue weighted by Crippen LogP contribution is -2.49. The van der Waals surface area contributed by atoms with Gasteiger partial charge < -0.3 is 25.3 Å². The number of H-pyrrole nitrogens is 1. The summed E-state index contributed by atoms with van der Waals surface area (Å²) in [5, 5.41) is 15.3. The minimum atomic E-state index is -0.429. The van der Waals surface area contributed by atoms with Gasteiger partial charge in [-0.05, 0) is 62.8 Å². The van der Waals surface area contributed by atoms with Crippen molar-refractivity contribution in [3.05, 3.63) is 78.5 Å². The van der Waals surface area contributed by atoms with E-state index in [1.165, 1.54) is 6.33 Å². The third-order valence-electron chi connectivity index (χ3n) is 10.2. The number of fused-ring (bicyclic) bond motifs is 3. The number of rotatable bonds is 8. The standard InChI is InChI=1S/C34H36N10O3/c1-22-7-8-23(15-26(22)31(45)40-24-5-3-2-4-6-24)27-18-44(42-41-27)34-11-9-33(19-34,10-12-34)32(46)35-16-25-17-43(13-14-47-25)30-28-29(37-20-36-28)38-21-39-30/h2-8,15,18,20-21,25H,9-14,16-17,19H2,1H3,(H,35,46)(H,40,45)(H,36,37,38,39). The molecule has 0 spiro atoms. The number of para-hydroxylation sites is 1. The Kier molecular flexibility index (Phi) is 7.20. The second-order valence-electron chi connectivity index (χ2n) is 13.0. The SMILES string of the molecule is Cc1ccc(-c2cn(C34CCC(C(=O)NCC5CN(c6ncnc7nc[nH]c67)CCO5)(CC3)C4)nn2)cc1C(=O)Nc1ccccc1.